The van der Waals surface area contributed by atoms with Crippen molar-refractivity contribution in [1.82, 2.24) is 9.97 Å². The third-order valence-electron chi connectivity index (χ3n) is 3.27. The smallest absolute Gasteiger partial charge is 0.276 e. The van der Waals surface area contributed by atoms with Crippen LogP contribution < -0.4 is 11.3 Å². The summed E-state index contributed by atoms with van der Waals surface area (Å²) in [6, 6.07) is 7.58. The molecule has 3 aromatic rings. The van der Waals surface area contributed by atoms with Gasteiger partial charge in [0.1, 0.15) is 6.61 Å². The number of hydrogen-bond donors (Lipinski definition) is 2. The van der Waals surface area contributed by atoms with E-state index in [9.17, 15) is 4.79 Å². The zero-order valence-electron chi connectivity index (χ0n) is 13.0. The van der Waals surface area contributed by atoms with Gasteiger partial charge in [0.2, 0.25) is 0 Å². The molecule has 2 heterocycles. The lowest BCUT2D eigenvalue weighted by atomic mass is 10.1. The number of hydrogen-bond acceptors (Lipinski definition) is 5. The molecule has 0 fully saturated rings. The molecule has 0 aliphatic carbocycles. The van der Waals surface area contributed by atoms with Gasteiger partial charge in [-0.3, -0.25) is 4.79 Å². The first kappa shape index (κ1) is 16.0. The zero-order chi connectivity index (χ0) is 16.9. The van der Waals surface area contributed by atoms with Crippen LogP contribution in [0.5, 0.6) is 0 Å². The fraction of sp³-hybridized carbons (Fsp3) is 0.111. The molecule has 0 unspecified atom stereocenters. The number of H-pyrrole nitrogens is 1. The number of aromatic nitrogens is 2. The monoisotopic (exact) mass is 337 g/mol. The molecule has 0 bridgehead atoms. The average Bonchev–Trinajstić information content (AvgIpc) is 3.02. The number of fused-ring (bicyclic) bond motifs is 1. The first-order valence-electron chi connectivity index (χ1n) is 7.19. The lowest BCUT2D eigenvalue weighted by molar-refractivity contribution is 0.240. The highest BCUT2D eigenvalue weighted by molar-refractivity contribution is 7.09. The van der Waals surface area contributed by atoms with E-state index in [1.807, 2.05) is 35.0 Å². The molecule has 120 valence electrons. The SMILES string of the molecule is COCC#Cc1cccc(/C=C(\N)c2nc3cscc3[nH]c2=O)c1. The van der Waals surface area contributed by atoms with Gasteiger partial charge < -0.3 is 15.5 Å². The number of methoxy groups -OCH3 is 1. The van der Waals surface area contributed by atoms with Crippen molar-refractivity contribution in [2.24, 2.45) is 5.73 Å². The second-order valence-corrected chi connectivity index (χ2v) is 5.79. The van der Waals surface area contributed by atoms with Crippen LogP contribution >= 0.6 is 11.3 Å². The van der Waals surface area contributed by atoms with E-state index >= 15 is 0 Å². The van der Waals surface area contributed by atoms with E-state index in [1.165, 1.54) is 11.3 Å². The Morgan fingerprint density at radius 2 is 2.33 bits per heavy atom. The molecule has 0 spiro atoms. The zero-order valence-corrected chi connectivity index (χ0v) is 13.8. The molecule has 24 heavy (non-hydrogen) atoms. The highest BCUT2D eigenvalue weighted by Crippen LogP contribution is 2.16. The van der Waals surface area contributed by atoms with E-state index in [0.717, 1.165) is 22.2 Å². The Morgan fingerprint density at radius 3 is 3.17 bits per heavy atom. The summed E-state index contributed by atoms with van der Waals surface area (Å²) in [5.41, 5.74) is 9.46. The van der Waals surface area contributed by atoms with Crippen LogP contribution in [0.25, 0.3) is 22.8 Å². The summed E-state index contributed by atoms with van der Waals surface area (Å²) < 4.78 is 4.91. The summed E-state index contributed by atoms with van der Waals surface area (Å²) in [4.78, 5) is 19.3. The van der Waals surface area contributed by atoms with Gasteiger partial charge in [-0.15, -0.1) is 11.3 Å². The fourth-order valence-electron chi connectivity index (χ4n) is 2.18. The van der Waals surface area contributed by atoms with Crippen molar-refractivity contribution in [3.63, 3.8) is 0 Å². The van der Waals surface area contributed by atoms with Crippen molar-refractivity contribution in [1.29, 1.82) is 0 Å². The van der Waals surface area contributed by atoms with E-state index in [2.05, 4.69) is 21.8 Å². The predicted molar refractivity (Wildman–Crippen MR) is 97.5 cm³/mol. The molecule has 5 nitrogen and oxygen atoms in total. The van der Waals surface area contributed by atoms with E-state index in [1.54, 1.807) is 13.2 Å². The van der Waals surface area contributed by atoms with Crippen molar-refractivity contribution in [3.05, 3.63) is 62.2 Å². The van der Waals surface area contributed by atoms with E-state index in [-0.39, 0.29) is 11.3 Å². The van der Waals surface area contributed by atoms with Crippen molar-refractivity contribution in [3.8, 4) is 11.8 Å². The van der Waals surface area contributed by atoms with Crippen molar-refractivity contribution in [2.75, 3.05) is 13.7 Å². The van der Waals surface area contributed by atoms with Crippen LogP contribution in [-0.2, 0) is 4.74 Å². The minimum Gasteiger partial charge on any atom is -0.397 e. The highest BCUT2D eigenvalue weighted by Gasteiger charge is 2.08. The van der Waals surface area contributed by atoms with Crippen LogP contribution in [-0.4, -0.2) is 23.7 Å². The number of nitrogens with two attached hydrogens (primary N) is 1. The molecule has 1 aromatic carbocycles. The molecule has 3 N–H and O–H groups in total. The Morgan fingerprint density at radius 1 is 1.46 bits per heavy atom. The van der Waals surface area contributed by atoms with E-state index in [0.29, 0.717) is 12.3 Å². The molecular weight excluding hydrogens is 322 g/mol. The van der Waals surface area contributed by atoms with Crippen molar-refractivity contribution >= 4 is 34.1 Å². The maximum Gasteiger partial charge on any atom is 0.276 e. The van der Waals surface area contributed by atoms with Crippen LogP contribution in [0.15, 0.2) is 39.8 Å². The second-order valence-electron chi connectivity index (χ2n) is 5.05. The van der Waals surface area contributed by atoms with Gasteiger partial charge >= 0.3 is 0 Å². The van der Waals surface area contributed by atoms with Gasteiger partial charge in [0, 0.05) is 23.4 Å². The van der Waals surface area contributed by atoms with Gasteiger partial charge in [0.15, 0.2) is 5.69 Å². The Bertz CT molecular complexity index is 1020. The number of rotatable bonds is 3. The lowest BCUT2D eigenvalue weighted by Crippen LogP contribution is -2.17. The minimum absolute atomic E-state index is 0.219. The fourth-order valence-corrected chi connectivity index (χ4v) is 2.88. The summed E-state index contributed by atoms with van der Waals surface area (Å²) in [6.45, 7) is 0.377. The molecule has 3 rings (SSSR count). The van der Waals surface area contributed by atoms with Crippen LogP contribution in [0.1, 0.15) is 16.8 Å². The average molecular weight is 337 g/mol. The molecule has 0 atom stereocenters. The normalized spacial score (nSPS) is 11.3. The molecule has 2 aromatic heterocycles. The molecule has 0 saturated carbocycles. The largest absolute Gasteiger partial charge is 0.397 e. The van der Waals surface area contributed by atoms with E-state index in [4.69, 9.17) is 10.5 Å². The molecule has 0 amide bonds. The highest BCUT2D eigenvalue weighted by atomic mass is 32.1. The third-order valence-corrected chi connectivity index (χ3v) is 4.00. The number of nitrogens with one attached hydrogen (secondary N) is 1. The maximum absolute atomic E-state index is 12.1. The third kappa shape index (κ3) is 3.54. The number of benzene rings is 1. The topological polar surface area (TPSA) is 81.0 Å². The van der Waals surface area contributed by atoms with Crippen LogP contribution in [0.3, 0.4) is 0 Å². The van der Waals surface area contributed by atoms with Crippen molar-refractivity contribution in [2.45, 2.75) is 0 Å². The quantitative estimate of drug-likeness (QED) is 0.719. The predicted octanol–water partition coefficient (Wildman–Crippen LogP) is 2.44. The van der Waals surface area contributed by atoms with Gasteiger partial charge in [-0.25, -0.2) is 4.98 Å². The van der Waals surface area contributed by atoms with Crippen LogP contribution in [0, 0.1) is 11.8 Å². The maximum atomic E-state index is 12.1. The summed E-state index contributed by atoms with van der Waals surface area (Å²) in [7, 11) is 1.60. The minimum atomic E-state index is -0.300. The summed E-state index contributed by atoms with van der Waals surface area (Å²) in [5, 5.41) is 3.71. The second kappa shape index (κ2) is 7.13. The molecule has 6 heteroatoms. The number of thiophene rings is 1. The first-order valence-corrected chi connectivity index (χ1v) is 8.13. The van der Waals surface area contributed by atoms with Gasteiger partial charge in [0.05, 0.1) is 16.7 Å². The first-order chi connectivity index (χ1) is 11.7. The van der Waals surface area contributed by atoms with Gasteiger partial charge in [-0.2, -0.15) is 0 Å². The van der Waals surface area contributed by atoms with Gasteiger partial charge in [-0.1, -0.05) is 24.0 Å². The standard InChI is InChI=1S/C18H15N3O2S/c1-23-7-3-6-12-4-2-5-13(8-12)9-14(19)17-18(22)21-16-11-24-10-15(16)20-17/h2,4-5,8-11H,7,19H2,1H3,(H,21,22)/b14-9-. The Hall–Kier alpha value is -2.88. The molecule has 0 radical (unpaired) electrons. The van der Waals surface area contributed by atoms with Crippen LogP contribution in [0.2, 0.25) is 0 Å². The summed E-state index contributed by atoms with van der Waals surface area (Å²) in [6.07, 6.45) is 1.72. The van der Waals surface area contributed by atoms with Crippen LogP contribution in [0.4, 0.5) is 0 Å². The number of ether oxygens (including phenoxy) is 1. The van der Waals surface area contributed by atoms with Gasteiger partial charge in [0.25, 0.3) is 5.56 Å². The Labute approximate surface area is 142 Å². The lowest BCUT2D eigenvalue weighted by Gasteiger charge is -2.02. The Kier molecular flexibility index (Phi) is 4.75. The number of nitrogens with zero attached hydrogens (tertiary/aromatic N) is 1. The summed E-state index contributed by atoms with van der Waals surface area (Å²) in [5.74, 6) is 5.90. The molecular formula is C18H15N3O2S. The molecule has 0 aliphatic heterocycles. The Balaban J connectivity index is 1.95. The molecule has 0 aliphatic rings. The molecule has 0 saturated heterocycles. The van der Waals surface area contributed by atoms with Crippen molar-refractivity contribution < 1.29 is 4.74 Å². The number of aromatic amines is 1. The van der Waals surface area contributed by atoms with E-state index < -0.39 is 0 Å². The summed E-state index contributed by atoms with van der Waals surface area (Å²) >= 11 is 1.48. The van der Waals surface area contributed by atoms with Gasteiger partial charge in [-0.05, 0) is 23.8 Å².